The zero-order chi connectivity index (χ0) is 16.5. The monoisotopic (exact) mass is 355 g/mol. The van der Waals surface area contributed by atoms with Crippen LogP contribution in [0.25, 0.3) is 0 Å². The summed E-state index contributed by atoms with van der Waals surface area (Å²) in [7, 11) is 0. The summed E-state index contributed by atoms with van der Waals surface area (Å²) in [6.07, 6.45) is -3.12. The van der Waals surface area contributed by atoms with E-state index in [0.717, 1.165) is 16.7 Å². The van der Waals surface area contributed by atoms with Gasteiger partial charge in [-0.3, -0.25) is 4.79 Å². The number of thioether (sulfide) groups is 1. The molecule has 5 nitrogen and oxygen atoms in total. The molecule has 2 heterocycles. The van der Waals surface area contributed by atoms with Gasteiger partial charge in [0.15, 0.2) is 5.16 Å². The molecule has 1 aromatic heterocycles. The van der Waals surface area contributed by atoms with Crippen LogP contribution in [0, 0.1) is 5.92 Å². The number of alkyl halides is 3. The third-order valence-corrected chi connectivity index (χ3v) is 4.19. The molecule has 22 heavy (non-hydrogen) atoms. The molecule has 0 unspecified atom stereocenters. The van der Waals surface area contributed by atoms with Gasteiger partial charge < -0.3 is 10.0 Å². The molecule has 0 saturated carbocycles. The van der Waals surface area contributed by atoms with Crippen LogP contribution in [0.5, 0.6) is 0 Å². The Morgan fingerprint density at radius 2 is 2.14 bits per heavy atom. The zero-order valence-corrected chi connectivity index (χ0v) is 13.0. The van der Waals surface area contributed by atoms with Gasteiger partial charge in [0.05, 0.1) is 5.92 Å². The normalized spacial score (nSPS) is 22.7. The van der Waals surface area contributed by atoms with Crippen molar-refractivity contribution in [3.63, 3.8) is 0 Å². The molecule has 1 aliphatic heterocycles. The van der Waals surface area contributed by atoms with Crippen LogP contribution in [0.1, 0.15) is 12.8 Å². The van der Waals surface area contributed by atoms with Crippen molar-refractivity contribution in [2.45, 2.75) is 30.2 Å². The molecule has 0 radical (unpaired) electrons. The van der Waals surface area contributed by atoms with Crippen LogP contribution in [0.2, 0.25) is 5.15 Å². The Kier molecular flexibility index (Phi) is 5.06. The lowest BCUT2D eigenvalue weighted by Gasteiger charge is -2.40. The molecule has 10 heteroatoms. The first-order valence-electron chi connectivity index (χ1n) is 6.37. The maximum absolute atomic E-state index is 13.2. The number of anilines is 1. The Labute approximate surface area is 133 Å². The molecule has 0 amide bonds. The lowest BCUT2D eigenvalue weighted by atomic mass is 9.92. The first-order valence-corrected chi connectivity index (χ1v) is 7.97. The quantitative estimate of drug-likeness (QED) is 0.510. The third-order valence-electron chi connectivity index (χ3n) is 3.45. The topological polar surface area (TPSA) is 66.3 Å². The second-order valence-electron chi connectivity index (χ2n) is 4.86. The van der Waals surface area contributed by atoms with E-state index >= 15 is 0 Å². The summed E-state index contributed by atoms with van der Waals surface area (Å²) >= 11 is 6.97. The molecule has 1 N–H and O–H groups in total. The van der Waals surface area contributed by atoms with Crippen molar-refractivity contribution in [3.8, 4) is 0 Å². The summed E-state index contributed by atoms with van der Waals surface area (Å²) in [5, 5.41) is 9.33. The number of piperidine rings is 1. The van der Waals surface area contributed by atoms with E-state index in [2.05, 4.69) is 9.97 Å². The fourth-order valence-electron chi connectivity index (χ4n) is 2.39. The fourth-order valence-corrected chi connectivity index (χ4v) is 2.99. The van der Waals surface area contributed by atoms with E-state index in [-0.39, 0.29) is 35.5 Å². The molecule has 1 fully saturated rings. The predicted molar refractivity (Wildman–Crippen MR) is 76.4 cm³/mol. The summed E-state index contributed by atoms with van der Waals surface area (Å²) in [6, 6.07) is -0.548. The standard InChI is InChI=1S/C12H13ClF3N3O2S/c1-22-11-17-8(13)4-9(18-11)19-5-6(10(20)21)2-3-7(19)12(14,15)16/h4,6-7H,2-3,5H2,1H3,(H,20,21)/t6-,7-/m1/s1. The largest absolute Gasteiger partial charge is 0.481 e. The SMILES string of the molecule is CSc1nc(Cl)cc(N2C[C@H](C(=O)O)CC[C@@H]2C(F)(F)F)n1. The lowest BCUT2D eigenvalue weighted by molar-refractivity contribution is -0.159. The lowest BCUT2D eigenvalue weighted by Crippen LogP contribution is -2.53. The van der Waals surface area contributed by atoms with Gasteiger partial charge >= 0.3 is 12.1 Å². The van der Waals surface area contributed by atoms with Gasteiger partial charge in [-0.15, -0.1) is 0 Å². The van der Waals surface area contributed by atoms with Crippen molar-refractivity contribution in [2.75, 3.05) is 17.7 Å². The number of hydrogen-bond donors (Lipinski definition) is 1. The highest BCUT2D eigenvalue weighted by atomic mass is 35.5. The number of carbonyl (C=O) groups is 1. The molecule has 1 aromatic rings. The summed E-state index contributed by atoms with van der Waals surface area (Å²) in [4.78, 5) is 20.0. The molecule has 122 valence electrons. The number of hydrogen-bond acceptors (Lipinski definition) is 5. The average molecular weight is 356 g/mol. The highest BCUT2D eigenvalue weighted by Gasteiger charge is 2.48. The highest BCUT2D eigenvalue weighted by Crippen LogP contribution is 2.37. The summed E-state index contributed by atoms with van der Waals surface area (Å²) in [5.74, 6) is -1.99. The van der Waals surface area contributed by atoms with Gasteiger partial charge in [0.25, 0.3) is 0 Å². The number of nitrogens with zero attached hydrogens (tertiary/aromatic N) is 3. The second-order valence-corrected chi connectivity index (χ2v) is 6.02. The van der Waals surface area contributed by atoms with Gasteiger partial charge in [0.1, 0.15) is 17.0 Å². The molecule has 0 spiro atoms. The van der Waals surface area contributed by atoms with Crippen molar-refractivity contribution >= 4 is 35.1 Å². The van der Waals surface area contributed by atoms with Crippen LogP contribution in [0.4, 0.5) is 19.0 Å². The molecule has 0 aliphatic carbocycles. The Morgan fingerprint density at radius 3 is 2.68 bits per heavy atom. The van der Waals surface area contributed by atoms with E-state index in [1.165, 1.54) is 6.07 Å². The Bertz CT molecular complexity index is 573. The Balaban J connectivity index is 2.40. The minimum Gasteiger partial charge on any atom is -0.481 e. The number of carboxylic acids is 1. The third kappa shape index (κ3) is 3.75. The summed E-state index contributed by atoms with van der Waals surface area (Å²) in [5.41, 5.74) is 0. The van der Waals surface area contributed by atoms with Gasteiger partial charge in [-0.05, 0) is 19.1 Å². The van der Waals surface area contributed by atoms with Gasteiger partial charge in [0.2, 0.25) is 0 Å². The predicted octanol–water partition coefficient (Wildman–Crippen LogP) is 3.08. The van der Waals surface area contributed by atoms with Crippen molar-refractivity contribution in [3.05, 3.63) is 11.2 Å². The molecule has 1 saturated heterocycles. The maximum Gasteiger partial charge on any atom is 0.408 e. The summed E-state index contributed by atoms with van der Waals surface area (Å²) in [6.45, 7) is -0.263. The Hall–Kier alpha value is -1.22. The van der Waals surface area contributed by atoms with Crippen molar-refractivity contribution in [1.82, 2.24) is 9.97 Å². The van der Waals surface area contributed by atoms with Crippen LogP contribution in [0.15, 0.2) is 11.2 Å². The first-order chi connectivity index (χ1) is 10.2. The van der Waals surface area contributed by atoms with E-state index in [4.69, 9.17) is 16.7 Å². The van der Waals surface area contributed by atoms with Crippen LogP contribution < -0.4 is 4.90 Å². The maximum atomic E-state index is 13.2. The minimum atomic E-state index is -4.47. The number of carboxylic acid groups (broad SMARTS) is 1. The molecule has 1 aliphatic rings. The molecule has 2 rings (SSSR count). The smallest absolute Gasteiger partial charge is 0.408 e. The average Bonchev–Trinajstić information content (AvgIpc) is 2.44. The van der Waals surface area contributed by atoms with Crippen molar-refractivity contribution in [2.24, 2.45) is 5.92 Å². The number of halogens is 4. The van der Waals surface area contributed by atoms with E-state index < -0.39 is 24.1 Å². The number of aliphatic carboxylic acids is 1. The van der Waals surface area contributed by atoms with Gasteiger partial charge in [0, 0.05) is 12.6 Å². The van der Waals surface area contributed by atoms with Crippen LogP contribution in [0.3, 0.4) is 0 Å². The van der Waals surface area contributed by atoms with E-state index in [9.17, 15) is 18.0 Å². The van der Waals surface area contributed by atoms with Crippen molar-refractivity contribution < 1.29 is 23.1 Å². The van der Waals surface area contributed by atoms with E-state index in [0.29, 0.717) is 0 Å². The Morgan fingerprint density at radius 1 is 1.45 bits per heavy atom. The summed E-state index contributed by atoms with van der Waals surface area (Å²) < 4.78 is 39.7. The van der Waals surface area contributed by atoms with Crippen LogP contribution >= 0.6 is 23.4 Å². The molecule has 0 aromatic carbocycles. The molecule has 0 bridgehead atoms. The number of aromatic nitrogens is 2. The fraction of sp³-hybridized carbons (Fsp3) is 0.583. The zero-order valence-electron chi connectivity index (χ0n) is 11.5. The van der Waals surface area contributed by atoms with Crippen LogP contribution in [-0.2, 0) is 4.79 Å². The van der Waals surface area contributed by atoms with E-state index in [1.54, 1.807) is 6.26 Å². The second kappa shape index (κ2) is 6.49. The van der Waals surface area contributed by atoms with Crippen molar-refractivity contribution in [1.29, 1.82) is 0 Å². The highest BCUT2D eigenvalue weighted by molar-refractivity contribution is 7.98. The minimum absolute atomic E-state index is 0.00220. The number of rotatable bonds is 3. The van der Waals surface area contributed by atoms with Gasteiger partial charge in [-0.2, -0.15) is 13.2 Å². The molecular formula is C12H13ClF3N3O2S. The molecular weight excluding hydrogens is 343 g/mol. The first kappa shape index (κ1) is 17.1. The van der Waals surface area contributed by atoms with E-state index in [1.807, 2.05) is 0 Å². The van der Waals surface area contributed by atoms with Gasteiger partial charge in [-0.1, -0.05) is 23.4 Å². The molecule has 2 atom stereocenters. The van der Waals surface area contributed by atoms with Gasteiger partial charge in [-0.25, -0.2) is 9.97 Å². The van der Waals surface area contributed by atoms with Crippen LogP contribution in [-0.4, -0.2) is 46.1 Å².